The lowest BCUT2D eigenvalue weighted by atomic mass is 10.1. The van der Waals surface area contributed by atoms with Crippen LogP contribution in [0.3, 0.4) is 0 Å². The quantitative estimate of drug-likeness (QED) is 0.355. The molecule has 0 aliphatic carbocycles. The van der Waals surface area contributed by atoms with Crippen molar-refractivity contribution in [3.63, 3.8) is 0 Å². The number of nitrogens with zero attached hydrogens (tertiary/aromatic N) is 6. The van der Waals surface area contributed by atoms with Crippen molar-refractivity contribution in [2.24, 2.45) is 5.92 Å². The van der Waals surface area contributed by atoms with Crippen LogP contribution in [0.1, 0.15) is 6.42 Å². The van der Waals surface area contributed by atoms with Crippen molar-refractivity contribution in [2.75, 3.05) is 56.0 Å². The predicted octanol–water partition coefficient (Wildman–Crippen LogP) is 3.39. The number of rotatable bonds is 6. The lowest BCUT2D eigenvalue weighted by Crippen LogP contribution is -2.51. The largest absolute Gasteiger partial charge is 0.368 e. The maximum atomic E-state index is 13.0. The van der Waals surface area contributed by atoms with Gasteiger partial charge in [-0.1, -0.05) is 0 Å². The van der Waals surface area contributed by atoms with Crippen LogP contribution in [0, 0.1) is 5.92 Å². The van der Waals surface area contributed by atoms with Crippen LogP contribution in [0.5, 0.6) is 0 Å². The fraction of sp³-hybridized carbons (Fsp3) is 0.321. The van der Waals surface area contributed by atoms with E-state index in [1.807, 2.05) is 41.3 Å². The number of hydrogen-bond acceptors (Lipinski definition) is 7. The average molecular weight is 589 g/mol. The highest BCUT2D eigenvalue weighted by molar-refractivity contribution is 9.10. The molecule has 11 heteroatoms. The minimum Gasteiger partial charge on any atom is -0.368 e. The maximum Gasteiger partial charge on any atom is 0.236 e. The van der Waals surface area contributed by atoms with Crippen LogP contribution in [0.2, 0.25) is 0 Å². The smallest absolute Gasteiger partial charge is 0.236 e. The molecule has 0 radical (unpaired) electrons. The fourth-order valence-corrected chi connectivity index (χ4v) is 5.67. The van der Waals surface area contributed by atoms with E-state index in [4.69, 9.17) is 0 Å². The summed E-state index contributed by atoms with van der Waals surface area (Å²) in [5.41, 5.74) is 3.69. The van der Waals surface area contributed by atoms with Crippen molar-refractivity contribution in [1.82, 2.24) is 30.0 Å². The van der Waals surface area contributed by atoms with Crippen molar-refractivity contribution in [2.45, 2.75) is 6.42 Å². The number of aromatic amines is 1. The zero-order valence-corrected chi connectivity index (χ0v) is 23.0. The molecule has 1 atom stereocenters. The lowest BCUT2D eigenvalue weighted by Gasteiger charge is -2.36. The minimum absolute atomic E-state index is 0.0117. The van der Waals surface area contributed by atoms with Gasteiger partial charge in [-0.15, -0.1) is 0 Å². The highest BCUT2D eigenvalue weighted by Gasteiger charge is 2.31. The highest BCUT2D eigenvalue weighted by atomic mass is 79.9. The molecule has 2 N–H and O–H groups in total. The second-order valence-corrected chi connectivity index (χ2v) is 10.8. The summed E-state index contributed by atoms with van der Waals surface area (Å²) in [4.78, 5) is 40.9. The number of H-pyrrole nitrogens is 1. The molecule has 2 aromatic carbocycles. The minimum atomic E-state index is -0.137. The zero-order valence-electron chi connectivity index (χ0n) is 21.4. The third-order valence-electron chi connectivity index (χ3n) is 7.47. The summed E-state index contributed by atoms with van der Waals surface area (Å²) in [6.45, 7) is 4.63. The number of benzene rings is 2. The fourth-order valence-electron chi connectivity index (χ4n) is 5.27. The van der Waals surface area contributed by atoms with E-state index in [1.165, 1.54) is 0 Å². The van der Waals surface area contributed by atoms with Gasteiger partial charge >= 0.3 is 0 Å². The van der Waals surface area contributed by atoms with Gasteiger partial charge in [0, 0.05) is 67.4 Å². The number of carbonyl (C=O) groups is 2. The first-order valence-electron chi connectivity index (χ1n) is 13.1. The number of anilines is 2. The Hall–Kier alpha value is -3.83. The molecule has 2 amide bonds. The van der Waals surface area contributed by atoms with E-state index in [0.717, 1.165) is 58.5 Å². The topological polar surface area (TPSA) is 110 Å². The number of piperazine rings is 1. The van der Waals surface area contributed by atoms with Gasteiger partial charge in [0.05, 0.1) is 18.0 Å². The number of fused-ring (bicyclic) bond motifs is 1. The van der Waals surface area contributed by atoms with Crippen molar-refractivity contribution >= 4 is 50.0 Å². The van der Waals surface area contributed by atoms with Crippen LogP contribution >= 0.6 is 15.9 Å². The number of hydrogen-bond donors (Lipinski definition) is 2. The number of halogens is 1. The van der Waals surface area contributed by atoms with Crippen molar-refractivity contribution < 1.29 is 9.59 Å². The summed E-state index contributed by atoms with van der Waals surface area (Å²) in [6, 6.07) is 15.7. The van der Waals surface area contributed by atoms with E-state index in [0.29, 0.717) is 32.0 Å². The summed E-state index contributed by atoms with van der Waals surface area (Å²) < 4.78 is 0.788. The molecule has 0 spiro atoms. The van der Waals surface area contributed by atoms with Gasteiger partial charge in [-0.3, -0.25) is 19.6 Å². The van der Waals surface area contributed by atoms with Gasteiger partial charge in [0.2, 0.25) is 11.8 Å². The molecule has 200 valence electrons. The van der Waals surface area contributed by atoms with Crippen LogP contribution < -0.4 is 10.2 Å². The molecule has 2 aliphatic rings. The second kappa shape index (κ2) is 11.1. The summed E-state index contributed by atoms with van der Waals surface area (Å²) in [5.74, 6) is 0.692. The van der Waals surface area contributed by atoms with Crippen LogP contribution in [-0.2, 0) is 9.59 Å². The van der Waals surface area contributed by atoms with E-state index in [2.05, 4.69) is 63.3 Å². The van der Waals surface area contributed by atoms with Gasteiger partial charge < -0.3 is 15.1 Å². The van der Waals surface area contributed by atoms with Crippen molar-refractivity contribution in [3.05, 3.63) is 65.5 Å². The highest BCUT2D eigenvalue weighted by Crippen LogP contribution is 2.26. The predicted molar refractivity (Wildman–Crippen MR) is 153 cm³/mol. The number of amides is 2. The third-order valence-corrected chi connectivity index (χ3v) is 8.07. The lowest BCUT2D eigenvalue weighted by molar-refractivity contribution is -0.132. The number of carbonyl (C=O) groups excluding carboxylic acids is 2. The maximum absolute atomic E-state index is 13.0. The third kappa shape index (κ3) is 5.64. The number of likely N-dealkylation sites (tertiary alicyclic amines) is 1. The Morgan fingerprint density at radius 3 is 2.54 bits per heavy atom. The summed E-state index contributed by atoms with van der Waals surface area (Å²) >= 11 is 3.44. The first-order valence-corrected chi connectivity index (χ1v) is 13.9. The van der Waals surface area contributed by atoms with Gasteiger partial charge in [0.25, 0.3) is 0 Å². The van der Waals surface area contributed by atoms with Gasteiger partial charge in [-0.2, -0.15) is 5.10 Å². The summed E-state index contributed by atoms with van der Waals surface area (Å²) in [5, 5.41) is 11.0. The molecule has 1 unspecified atom stereocenters. The van der Waals surface area contributed by atoms with E-state index < -0.39 is 0 Å². The molecule has 39 heavy (non-hydrogen) atoms. The molecule has 0 bridgehead atoms. The molecule has 2 saturated heterocycles. The normalized spacial score (nSPS) is 18.0. The molecular formula is C28H29BrN8O2. The first-order chi connectivity index (χ1) is 19.0. The Morgan fingerprint density at radius 2 is 1.77 bits per heavy atom. The second-order valence-electron chi connectivity index (χ2n) is 9.97. The molecular weight excluding hydrogens is 560 g/mol. The molecule has 2 aromatic heterocycles. The Labute approximate surface area is 234 Å². The van der Waals surface area contributed by atoms with E-state index in [1.54, 1.807) is 12.4 Å². The summed E-state index contributed by atoms with van der Waals surface area (Å²) in [6.07, 6.45) is 4.23. The van der Waals surface area contributed by atoms with Gasteiger partial charge in [0.15, 0.2) is 5.82 Å². The SMILES string of the molecule is O=C(Nc1ccc2n[nH]c(Br)c2c1)C1CCN(CC(=O)N2CCN(c3ccc(-c4ncccn4)cc3)CC2)C1. The van der Waals surface area contributed by atoms with Crippen LogP contribution in [0.4, 0.5) is 11.4 Å². The van der Waals surface area contributed by atoms with Crippen LogP contribution in [0.15, 0.2) is 65.5 Å². The molecule has 4 heterocycles. The molecule has 6 rings (SSSR count). The van der Waals surface area contributed by atoms with Crippen molar-refractivity contribution in [1.29, 1.82) is 0 Å². The molecule has 10 nitrogen and oxygen atoms in total. The van der Waals surface area contributed by atoms with E-state index in [9.17, 15) is 9.59 Å². The molecule has 2 fully saturated rings. The number of aromatic nitrogens is 4. The van der Waals surface area contributed by atoms with E-state index in [-0.39, 0.29) is 17.7 Å². The first kappa shape index (κ1) is 25.4. The van der Waals surface area contributed by atoms with Gasteiger partial charge in [0.1, 0.15) is 4.60 Å². The Kier molecular flexibility index (Phi) is 7.25. The molecule has 2 aliphatic heterocycles. The molecule has 0 saturated carbocycles. The average Bonchev–Trinajstić information content (AvgIpc) is 3.60. The van der Waals surface area contributed by atoms with Gasteiger partial charge in [-0.05, 0) is 77.4 Å². The summed E-state index contributed by atoms with van der Waals surface area (Å²) in [7, 11) is 0. The van der Waals surface area contributed by atoms with Crippen molar-refractivity contribution in [3.8, 4) is 11.4 Å². The Balaban J connectivity index is 0.969. The zero-order chi connectivity index (χ0) is 26.8. The van der Waals surface area contributed by atoms with E-state index >= 15 is 0 Å². The van der Waals surface area contributed by atoms with Crippen LogP contribution in [-0.4, -0.2) is 87.6 Å². The van der Waals surface area contributed by atoms with Gasteiger partial charge in [-0.25, -0.2) is 9.97 Å². The Morgan fingerprint density at radius 1 is 1.00 bits per heavy atom. The standard InChI is InChI=1S/C28H29BrN8O2/c29-26-23-16-21(4-7-24(23)33-34-26)32-28(39)20-8-11-35(17-20)18-25(38)37-14-12-36(13-15-37)22-5-2-19(3-6-22)27-30-9-1-10-31-27/h1-7,9-10,16,20H,8,11-15,17-18H2,(H,32,39)(H,33,34). The molecule has 4 aromatic rings. The van der Waals surface area contributed by atoms with Crippen LogP contribution in [0.25, 0.3) is 22.3 Å². The monoisotopic (exact) mass is 588 g/mol. The Bertz CT molecular complexity index is 1470. The number of nitrogens with one attached hydrogen (secondary N) is 2.